The number of H-pyrrole nitrogens is 1. The molecule has 0 radical (unpaired) electrons. The highest BCUT2D eigenvalue weighted by Gasteiger charge is 2.15. The molecule has 0 aliphatic carbocycles. The lowest BCUT2D eigenvalue weighted by Gasteiger charge is -2.06. The van der Waals surface area contributed by atoms with E-state index in [1.807, 2.05) is 43.5 Å². The van der Waals surface area contributed by atoms with Gasteiger partial charge in [0.05, 0.1) is 22.0 Å². The molecule has 0 unspecified atom stereocenters. The third kappa shape index (κ3) is 3.84. The molecule has 6 nitrogen and oxygen atoms in total. The van der Waals surface area contributed by atoms with Gasteiger partial charge in [0.15, 0.2) is 0 Å². The number of aromatic amines is 1. The topological polar surface area (TPSA) is 83.8 Å². The minimum absolute atomic E-state index is 0.139. The second-order valence-electron chi connectivity index (χ2n) is 5.94. The summed E-state index contributed by atoms with van der Waals surface area (Å²) in [5, 5.41) is 12.7. The first-order chi connectivity index (χ1) is 13.1. The first-order valence-corrected chi connectivity index (χ1v) is 9.55. The van der Waals surface area contributed by atoms with Crippen LogP contribution in [-0.4, -0.2) is 26.8 Å². The number of hydrogen-bond acceptors (Lipinski definition) is 5. The van der Waals surface area contributed by atoms with Crippen LogP contribution in [0.1, 0.15) is 5.56 Å². The van der Waals surface area contributed by atoms with Gasteiger partial charge in [-0.15, -0.1) is 10.2 Å². The second-order valence-corrected chi connectivity index (χ2v) is 7.27. The lowest BCUT2D eigenvalue weighted by molar-refractivity contribution is -0.113. The molecule has 0 aliphatic rings. The van der Waals surface area contributed by atoms with E-state index in [0.29, 0.717) is 21.8 Å². The summed E-state index contributed by atoms with van der Waals surface area (Å²) >= 11 is 7.31. The fourth-order valence-electron chi connectivity index (χ4n) is 2.66. The molecule has 2 aromatic heterocycles. The van der Waals surface area contributed by atoms with Crippen LogP contribution in [0.5, 0.6) is 0 Å². The van der Waals surface area contributed by atoms with Gasteiger partial charge < -0.3 is 14.7 Å². The molecule has 0 aliphatic heterocycles. The lowest BCUT2D eigenvalue weighted by atomic mass is 10.2. The molecule has 2 N–H and O–H groups in total. The maximum absolute atomic E-state index is 12.1. The molecule has 27 heavy (non-hydrogen) atoms. The van der Waals surface area contributed by atoms with E-state index in [-0.39, 0.29) is 11.7 Å². The van der Waals surface area contributed by atoms with Crippen LogP contribution in [0.2, 0.25) is 5.02 Å². The number of anilines is 1. The minimum Gasteiger partial charge on any atom is -0.411 e. The van der Waals surface area contributed by atoms with Gasteiger partial charge >= 0.3 is 0 Å². The smallest absolute Gasteiger partial charge is 0.277 e. The van der Waals surface area contributed by atoms with Crippen molar-refractivity contribution in [2.75, 3.05) is 11.1 Å². The van der Waals surface area contributed by atoms with Crippen LogP contribution in [0.15, 0.2) is 58.3 Å². The van der Waals surface area contributed by atoms with Gasteiger partial charge in [0.25, 0.3) is 11.1 Å². The molecule has 4 rings (SSSR count). The molecule has 1 amide bonds. The number of benzene rings is 2. The van der Waals surface area contributed by atoms with Gasteiger partial charge in [-0.05, 0) is 30.7 Å². The van der Waals surface area contributed by atoms with Crippen LogP contribution < -0.4 is 5.32 Å². The van der Waals surface area contributed by atoms with Crippen LogP contribution in [0.4, 0.5) is 5.69 Å². The summed E-state index contributed by atoms with van der Waals surface area (Å²) in [6, 6.07) is 13.3. The largest absolute Gasteiger partial charge is 0.411 e. The number of nitrogens with one attached hydrogen (secondary N) is 2. The molecule has 0 bridgehead atoms. The Bertz CT molecular complexity index is 1120. The Labute approximate surface area is 164 Å². The third-order valence-corrected chi connectivity index (χ3v) is 5.08. The second kappa shape index (κ2) is 7.46. The lowest BCUT2D eigenvalue weighted by Crippen LogP contribution is -2.14. The van der Waals surface area contributed by atoms with Gasteiger partial charge in [-0.3, -0.25) is 4.79 Å². The van der Waals surface area contributed by atoms with Crippen LogP contribution >= 0.6 is 23.4 Å². The number of aromatic nitrogens is 3. The van der Waals surface area contributed by atoms with Crippen molar-refractivity contribution in [2.45, 2.75) is 12.1 Å². The fraction of sp³-hybridized carbons (Fsp3) is 0.105. The summed E-state index contributed by atoms with van der Waals surface area (Å²) in [6.45, 7) is 1.94. The average molecular weight is 399 g/mol. The molecule has 0 fully saturated rings. The summed E-state index contributed by atoms with van der Waals surface area (Å²) in [5.74, 6) is 0.356. The van der Waals surface area contributed by atoms with Crippen LogP contribution in [0, 0.1) is 6.92 Å². The van der Waals surface area contributed by atoms with Crippen LogP contribution in [0.25, 0.3) is 22.4 Å². The van der Waals surface area contributed by atoms with Crippen molar-refractivity contribution in [1.29, 1.82) is 0 Å². The predicted molar refractivity (Wildman–Crippen MR) is 107 cm³/mol. The molecule has 4 aromatic rings. The molecular formula is C19H15ClN4O2S. The molecule has 0 spiro atoms. The van der Waals surface area contributed by atoms with Crippen molar-refractivity contribution < 1.29 is 9.21 Å². The Morgan fingerprint density at radius 2 is 2.11 bits per heavy atom. The van der Waals surface area contributed by atoms with Crippen molar-refractivity contribution in [3.8, 4) is 11.5 Å². The van der Waals surface area contributed by atoms with Crippen molar-refractivity contribution in [2.24, 2.45) is 0 Å². The zero-order valence-electron chi connectivity index (χ0n) is 14.3. The normalized spacial score (nSPS) is 11.0. The summed E-state index contributed by atoms with van der Waals surface area (Å²) in [4.78, 5) is 15.3. The predicted octanol–water partition coefficient (Wildman–Crippen LogP) is 4.91. The number of thioether (sulfide) groups is 1. The van der Waals surface area contributed by atoms with E-state index in [0.717, 1.165) is 22.0 Å². The molecule has 0 saturated carbocycles. The molecule has 8 heteroatoms. The standard InChI is InChI=1S/C19H15ClN4O2S/c1-11-6-7-16(14(20)8-11)22-17(25)10-27-19-24-23-18(26-19)13-9-21-15-5-3-2-4-12(13)15/h2-9,21H,10H2,1H3,(H,22,25). The van der Waals surface area contributed by atoms with E-state index in [2.05, 4.69) is 20.5 Å². The monoisotopic (exact) mass is 398 g/mol. The molecule has 136 valence electrons. The Hall–Kier alpha value is -2.77. The van der Waals surface area contributed by atoms with Crippen molar-refractivity contribution in [3.63, 3.8) is 0 Å². The van der Waals surface area contributed by atoms with Crippen molar-refractivity contribution in [3.05, 3.63) is 59.2 Å². The number of para-hydroxylation sites is 1. The van der Waals surface area contributed by atoms with Gasteiger partial charge in [0.1, 0.15) is 0 Å². The highest BCUT2D eigenvalue weighted by atomic mass is 35.5. The third-order valence-electron chi connectivity index (χ3n) is 3.95. The fourth-order valence-corrected chi connectivity index (χ4v) is 3.51. The first kappa shape index (κ1) is 17.6. The Morgan fingerprint density at radius 1 is 1.26 bits per heavy atom. The first-order valence-electron chi connectivity index (χ1n) is 8.19. The number of carbonyl (C=O) groups excluding carboxylic acids is 1. The Kier molecular flexibility index (Phi) is 4.87. The maximum atomic E-state index is 12.1. The van der Waals surface area contributed by atoms with E-state index < -0.39 is 0 Å². The highest BCUT2D eigenvalue weighted by Crippen LogP contribution is 2.29. The Morgan fingerprint density at radius 3 is 2.96 bits per heavy atom. The van der Waals surface area contributed by atoms with Gasteiger partial charge in [-0.2, -0.15) is 0 Å². The number of halogens is 1. The number of hydrogen-bond donors (Lipinski definition) is 2. The van der Waals surface area contributed by atoms with E-state index >= 15 is 0 Å². The number of amides is 1. The summed E-state index contributed by atoms with van der Waals surface area (Å²) < 4.78 is 5.69. The SMILES string of the molecule is Cc1ccc(NC(=O)CSc2nnc(-c3c[nH]c4ccccc34)o2)c(Cl)c1. The molecular weight excluding hydrogens is 384 g/mol. The summed E-state index contributed by atoms with van der Waals surface area (Å²) in [6.07, 6.45) is 1.83. The summed E-state index contributed by atoms with van der Waals surface area (Å²) in [5.41, 5.74) is 3.44. The molecule has 0 saturated heterocycles. The molecule has 2 aromatic carbocycles. The zero-order chi connectivity index (χ0) is 18.8. The quantitative estimate of drug-likeness (QED) is 0.466. The van der Waals surface area contributed by atoms with E-state index in [1.165, 1.54) is 11.8 Å². The number of carbonyl (C=O) groups is 1. The van der Waals surface area contributed by atoms with Crippen molar-refractivity contribution in [1.82, 2.24) is 15.2 Å². The van der Waals surface area contributed by atoms with E-state index in [4.69, 9.17) is 16.0 Å². The van der Waals surface area contributed by atoms with Crippen LogP contribution in [-0.2, 0) is 4.79 Å². The van der Waals surface area contributed by atoms with E-state index in [9.17, 15) is 4.79 Å². The van der Waals surface area contributed by atoms with Gasteiger partial charge in [0, 0.05) is 17.1 Å². The van der Waals surface area contributed by atoms with E-state index in [1.54, 1.807) is 12.1 Å². The van der Waals surface area contributed by atoms with Crippen molar-refractivity contribution >= 4 is 45.9 Å². The number of nitrogens with zero attached hydrogens (tertiary/aromatic N) is 2. The number of rotatable bonds is 5. The van der Waals surface area contributed by atoms with Crippen LogP contribution in [0.3, 0.4) is 0 Å². The Balaban J connectivity index is 1.41. The molecule has 0 atom stereocenters. The molecule has 2 heterocycles. The van der Waals surface area contributed by atoms with Gasteiger partial charge in [0.2, 0.25) is 5.91 Å². The zero-order valence-corrected chi connectivity index (χ0v) is 15.9. The number of aryl methyl sites for hydroxylation is 1. The number of fused-ring (bicyclic) bond motifs is 1. The highest BCUT2D eigenvalue weighted by molar-refractivity contribution is 7.99. The summed E-state index contributed by atoms with van der Waals surface area (Å²) in [7, 11) is 0. The van der Waals surface area contributed by atoms with Gasteiger partial charge in [-0.1, -0.05) is 47.6 Å². The maximum Gasteiger partial charge on any atom is 0.277 e. The average Bonchev–Trinajstić information content (AvgIpc) is 3.29. The van der Waals surface area contributed by atoms with Gasteiger partial charge in [-0.25, -0.2) is 0 Å². The minimum atomic E-state index is -0.197.